The lowest BCUT2D eigenvalue weighted by Gasteiger charge is -2.38. The van der Waals surface area contributed by atoms with Gasteiger partial charge in [0.1, 0.15) is 5.52 Å². The van der Waals surface area contributed by atoms with Crippen molar-refractivity contribution < 1.29 is 0 Å². The highest BCUT2D eigenvalue weighted by molar-refractivity contribution is 9.10. The first-order valence-electron chi connectivity index (χ1n) is 8.38. The molecule has 0 spiro atoms. The first kappa shape index (κ1) is 16.2. The molecule has 0 radical (unpaired) electrons. The molecule has 1 fully saturated rings. The maximum absolute atomic E-state index is 4.58. The summed E-state index contributed by atoms with van der Waals surface area (Å²) in [7, 11) is 2.10. The van der Waals surface area contributed by atoms with E-state index in [4.69, 9.17) is 0 Å². The quantitative estimate of drug-likeness (QED) is 0.674. The fraction of sp³-hybridized carbons (Fsp3) is 0.333. The molecule has 128 valence electrons. The smallest absolute Gasteiger partial charge is 0.151 e. The van der Waals surface area contributed by atoms with E-state index in [1.54, 1.807) is 6.20 Å². The zero-order valence-corrected chi connectivity index (χ0v) is 15.6. The summed E-state index contributed by atoms with van der Waals surface area (Å²) in [5.41, 5.74) is 3.05. The van der Waals surface area contributed by atoms with Crippen LogP contribution in [0.15, 0.2) is 47.3 Å². The monoisotopic (exact) mass is 398 g/mol. The van der Waals surface area contributed by atoms with Gasteiger partial charge in [0.25, 0.3) is 0 Å². The van der Waals surface area contributed by atoms with Gasteiger partial charge in [-0.05, 0) is 53.0 Å². The second-order valence-corrected chi connectivity index (χ2v) is 7.18. The molecule has 25 heavy (non-hydrogen) atoms. The van der Waals surface area contributed by atoms with E-state index in [1.807, 2.05) is 30.6 Å². The van der Waals surface area contributed by atoms with Crippen molar-refractivity contribution >= 4 is 38.5 Å². The fourth-order valence-electron chi connectivity index (χ4n) is 3.41. The number of fused-ring (bicyclic) bond motifs is 1. The highest BCUT2D eigenvalue weighted by atomic mass is 79.9. The summed E-state index contributed by atoms with van der Waals surface area (Å²) in [5.74, 6) is 0.932. The summed E-state index contributed by atoms with van der Waals surface area (Å²) in [5, 5.41) is 8.20. The molecule has 1 aliphatic heterocycles. The van der Waals surface area contributed by atoms with Gasteiger partial charge in [-0.25, -0.2) is 0 Å². The molecular formula is C18H19BrN6. The molecular weight excluding hydrogens is 380 g/mol. The van der Waals surface area contributed by atoms with Crippen molar-refractivity contribution in [3.8, 4) is 0 Å². The van der Waals surface area contributed by atoms with Crippen LogP contribution in [-0.2, 0) is 0 Å². The van der Waals surface area contributed by atoms with Crippen molar-refractivity contribution in [3.05, 3.63) is 47.3 Å². The van der Waals surface area contributed by atoms with Gasteiger partial charge < -0.3 is 9.80 Å². The van der Waals surface area contributed by atoms with Gasteiger partial charge in [0.2, 0.25) is 0 Å². The Bertz CT molecular complexity index is 864. The van der Waals surface area contributed by atoms with Gasteiger partial charge in [-0.15, -0.1) is 5.10 Å². The van der Waals surface area contributed by atoms with Gasteiger partial charge >= 0.3 is 0 Å². The lowest BCUT2D eigenvalue weighted by atomic mass is 10.0. The molecule has 0 unspecified atom stereocenters. The molecule has 4 heterocycles. The van der Waals surface area contributed by atoms with Crippen LogP contribution in [0.5, 0.6) is 0 Å². The minimum Gasteiger partial charge on any atom is -0.370 e. The van der Waals surface area contributed by atoms with Crippen LogP contribution in [-0.4, -0.2) is 46.3 Å². The first-order chi connectivity index (χ1) is 12.2. The Balaban J connectivity index is 1.51. The van der Waals surface area contributed by atoms with E-state index in [1.165, 1.54) is 0 Å². The van der Waals surface area contributed by atoms with Crippen molar-refractivity contribution in [2.75, 3.05) is 29.9 Å². The van der Waals surface area contributed by atoms with E-state index in [0.717, 1.165) is 52.9 Å². The van der Waals surface area contributed by atoms with Crippen LogP contribution in [0.3, 0.4) is 0 Å². The van der Waals surface area contributed by atoms with Crippen LogP contribution in [0.2, 0.25) is 0 Å². The third kappa shape index (κ3) is 3.28. The standard InChI is InChI=1S/C18H19BrN6/c1-24(17-3-2-7-22-23-17)14-5-9-25(10-6-14)16-4-8-20-15-11-13(19)12-21-18(15)16/h2-4,7-8,11-12,14H,5-6,9-10H2,1H3. The lowest BCUT2D eigenvalue weighted by Crippen LogP contribution is -2.44. The number of halogens is 1. The Morgan fingerprint density at radius 3 is 2.76 bits per heavy atom. The molecule has 1 aliphatic rings. The number of rotatable bonds is 3. The van der Waals surface area contributed by atoms with Gasteiger partial charge in [0.15, 0.2) is 5.82 Å². The van der Waals surface area contributed by atoms with Crippen molar-refractivity contribution in [2.45, 2.75) is 18.9 Å². The van der Waals surface area contributed by atoms with Crippen molar-refractivity contribution in [2.24, 2.45) is 0 Å². The molecule has 4 rings (SSSR count). The first-order valence-corrected chi connectivity index (χ1v) is 9.17. The third-order valence-electron chi connectivity index (χ3n) is 4.80. The highest BCUT2D eigenvalue weighted by Gasteiger charge is 2.24. The third-order valence-corrected chi connectivity index (χ3v) is 5.23. The van der Waals surface area contributed by atoms with Crippen LogP contribution in [0, 0.1) is 0 Å². The Labute approximate surface area is 155 Å². The number of aromatic nitrogens is 4. The van der Waals surface area contributed by atoms with E-state index in [2.05, 4.69) is 59.0 Å². The average Bonchev–Trinajstić information content (AvgIpc) is 2.67. The van der Waals surface area contributed by atoms with Gasteiger partial charge in [-0.1, -0.05) is 0 Å². The predicted octanol–water partition coefficient (Wildman–Crippen LogP) is 3.29. The second kappa shape index (κ2) is 6.92. The molecule has 0 saturated carbocycles. The molecule has 0 N–H and O–H groups in total. The normalized spacial score (nSPS) is 15.5. The number of piperidine rings is 1. The maximum Gasteiger partial charge on any atom is 0.151 e. The molecule has 0 bridgehead atoms. The second-order valence-electron chi connectivity index (χ2n) is 6.26. The van der Waals surface area contributed by atoms with E-state index >= 15 is 0 Å². The predicted molar refractivity (Wildman–Crippen MR) is 103 cm³/mol. The summed E-state index contributed by atoms with van der Waals surface area (Å²) in [4.78, 5) is 13.7. The summed E-state index contributed by atoms with van der Waals surface area (Å²) in [6.07, 6.45) is 7.56. The summed E-state index contributed by atoms with van der Waals surface area (Å²) in [6.45, 7) is 1.98. The van der Waals surface area contributed by atoms with Crippen LogP contribution < -0.4 is 9.80 Å². The number of anilines is 2. The Morgan fingerprint density at radius 2 is 2.00 bits per heavy atom. The summed E-state index contributed by atoms with van der Waals surface area (Å²) < 4.78 is 0.953. The van der Waals surface area contributed by atoms with Crippen molar-refractivity contribution in [1.29, 1.82) is 0 Å². The fourth-order valence-corrected chi connectivity index (χ4v) is 3.73. The van der Waals surface area contributed by atoms with E-state index < -0.39 is 0 Å². The van der Waals surface area contributed by atoms with Crippen molar-refractivity contribution in [1.82, 2.24) is 20.2 Å². The van der Waals surface area contributed by atoms with E-state index in [0.29, 0.717) is 6.04 Å². The van der Waals surface area contributed by atoms with Gasteiger partial charge in [0.05, 0.1) is 11.2 Å². The van der Waals surface area contributed by atoms with Gasteiger partial charge in [-0.2, -0.15) is 5.10 Å². The molecule has 0 atom stereocenters. The van der Waals surface area contributed by atoms with E-state index in [-0.39, 0.29) is 0 Å². The summed E-state index contributed by atoms with van der Waals surface area (Å²) in [6, 6.07) is 8.50. The Morgan fingerprint density at radius 1 is 1.16 bits per heavy atom. The van der Waals surface area contributed by atoms with E-state index in [9.17, 15) is 0 Å². The maximum atomic E-state index is 4.58. The topological polar surface area (TPSA) is 58.0 Å². The van der Waals surface area contributed by atoms with Crippen LogP contribution in [0.1, 0.15) is 12.8 Å². The SMILES string of the molecule is CN(c1cccnn1)C1CCN(c2ccnc3cc(Br)cnc23)CC1. The van der Waals surface area contributed by atoms with Gasteiger partial charge in [-0.3, -0.25) is 9.97 Å². The van der Waals surface area contributed by atoms with Crippen LogP contribution >= 0.6 is 15.9 Å². The minimum atomic E-state index is 0.475. The molecule has 1 saturated heterocycles. The minimum absolute atomic E-state index is 0.475. The Kier molecular flexibility index (Phi) is 4.48. The number of hydrogen-bond acceptors (Lipinski definition) is 6. The molecule has 7 heteroatoms. The molecule has 0 amide bonds. The molecule has 0 aromatic carbocycles. The molecule has 3 aromatic heterocycles. The zero-order valence-electron chi connectivity index (χ0n) is 14.0. The largest absolute Gasteiger partial charge is 0.370 e. The highest BCUT2D eigenvalue weighted by Crippen LogP contribution is 2.29. The van der Waals surface area contributed by atoms with Gasteiger partial charge in [0, 0.05) is 49.2 Å². The Hall–Kier alpha value is -2.28. The molecule has 0 aliphatic carbocycles. The average molecular weight is 399 g/mol. The number of nitrogens with zero attached hydrogens (tertiary/aromatic N) is 6. The number of hydrogen-bond donors (Lipinski definition) is 0. The summed E-state index contributed by atoms with van der Waals surface area (Å²) >= 11 is 3.47. The number of pyridine rings is 2. The van der Waals surface area contributed by atoms with Crippen LogP contribution in [0.4, 0.5) is 11.5 Å². The van der Waals surface area contributed by atoms with Crippen molar-refractivity contribution in [3.63, 3.8) is 0 Å². The van der Waals surface area contributed by atoms with Crippen LogP contribution in [0.25, 0.3) is 11.0 Å². The molecule has 3 aromatic rings. The zero-order chi connectivity index (χ0) is 17.2. The lowest BCUT2D eigenvalue weighted by molar-refractivity contribution is 0.479. The molecule has 6 nitrogen and oxygen atoms in total.